The summed E-state index contributed by atoms with van der Waals surface area (Å²) in [4.78, 5) is 0. The van der Waals surface area contributed by atoms with Crippen molar-refractivity contribution in [3.8, 4) is 5.75 Å². The topological polar surface area (TPSA) is 18.5 Å². The van der Waals surface area contributed by atoms with Crippen molar-refractivity contribution in [3.63, 3.8) is 0 Å². The van der Waals surface area contributed by atoms with Crippen LogP contribution in [0.4, 0.5) is 0 Å². The molecule has 0 bridgehead atoms. The molecule has 0 aromatic heterocycles. The van der Waals surface area contributed by atoms with Crippen LogP contribution in [0.1, 0.15) is 32.3 Å². The van der Waals surface area contributed by atoms with Gasteiger partial charge in [-0.1, -0.05) is 12.1 Å². The average Bonchev–Trinajstić information content (AvgIpc) is 2.45. The highest BCUT2D eigenvalue weighted by molar-refractivity contribution is 5.27. The van der Waals surface area contributed by atoms with Crippen LogP contribution in [-0.2, 0) is 4.74 Å². The summed E-state index contributed by atoms with van der Waals surface area (Å²) < 4.78 is 11.5. The number of hydrogen-bond donors (Lipinski definition) is 0. The SMILES string of the molecule is Cc1cccc(OC2CCC(C)(C)O2)c1. The van der Waals surface area contributed by atoms with Crippen LogP contribution in [0.5, 0.6) is 5.75 Å². The van der Waals surface area contributed by atoms with Gasteiger partial charge >= 0.3 is 0 Å². The minimum absolute atomic E-state index is 0.0332. The van der Waals surface area contributed by atoms with E-state index in [-0.39, 0.29) is 11.9 Å². The lowest BCUT2D eigenvalue weighted by Crippen LogP contribution is -2.23. The summed E-state index contributed by atoms with van der Waals surface area (Å²) in [5.74, 6) is 0.901. The number of ether oxygens (including phenoxy) is 2. The molecule has 2 heteroatoms. The van der Waals surface area contributed by atoms with Gasteiger partial charge in [0.05, 0.1) is 5.60 Å². The third-order valence-electron chi connectivity index (χ3n) is 2.69. The number of aryl methyl sites for hydroxylation is 1. The molecule has 1 fully saturated rings. The third kappa shape index (κ3) is 2.72. The second kappa shape index (κ2) is 3.86. The van der Waals surface area contributed by atoms with Gasteiger partial charge in [0, 0.05) is 6.42 Å². The largest absolute Gasteiger partial charge is 0.465 e. The molecule has 0 N–H and O–H groups in total. The summed E-state index contributed by atoms with van der Waals surface area (Å²) in [6, 6.07) is 8.08. The maximum atomic E-state index is 5.77. The monoisotopic (exact) mass is 206 g/mol. The van der Waals surface area contributed by atoms with Gasteiger partial charge in [0.1, 0.15) is 5.75 Å². The van der Waals surface area contributed by atoms with Gasteiger partial charge < -0.3 is 9.47 Å². The Morgan fingerprint density at radius 3 is 2.80 bits per heavy atom. The Hall–Kier alpha value is -1.02. The van der Waals surface area contributed by atoms with Gasteiger partial charge in [-0.2, -0.15) is 0 Å². The molecule has 0 amide bonds. The van der Waals surface area contributed by atoms with E-state index in [1.165, 1.54) is 5.56 Å². The highest BCUT2D eigenvalue weighted by Gasteiger charge is 2.32. The van der Waals surface area contributed by atoms with Gasteiger partial charge in [0.15, 0.2) is 6.29 Å². The Morgan fingerprint density at radius 1 is 1.40 bits per heavy atom. The van der Waals surface area contributed by atoms with Crippen LogP contribution in [0.3, 0.4) is 0 Å². The molecule has 15 heavy (non-hydrogen) atoms. The molecule has 1 heterocycles. The highest BCUT2D eigenvalue weighted by Crippen LogP contribution is 2.30. The van der Waals surface area contributed by atoms with E-state index in [1.807, 2.05) is 18.2 Å². The molecule has 0 aliphatic carbocycles. The maximum absolute atomic E-state index is 5.77. The molecule has 1 atom stereocenters. The minimum atomic E-state index is -0.0817. The lowest BCUT2D eigenvalue weighted by atomic mass is 10.1. The molecule has 1 aliphatic rings. The first-order valence-corrected chi connectivity index (χ1v) is 5.46. The van der Waals surface area contributed by atoms with Crippen molar-refractivity contribution in [1.82, 2.24) is 0 Å². The Kier molecular flexibility index (Phi) is 2.70. The molecule has 1 aliphatic heterocycles. The van der Waals surface area contributed by atoms with Crippen LogP contribution in [0.15, 0.2) is 24.3 Å². The molecule has 2 rings (SSSR count). The summed E-state index contributed by atoms with van der Waals surface area (Å²) in [5, 5.41) is 0. The number of hydrogen-bond acceptors (Lipinski definition) is 2. The first-order valence-electron chi connectivity index (χ1n) is 5.46. The Labute approximate surface area is 91.2 Å². The van der Waals surface area contributed by atoms with Crippen molar-refractivity contribution in [1.29, 1.82) is 0 Å². The van der Waals surface area contributed by atoms with E-state index in [1.54, 1.807) is 0 Å². The van der Waals surface area contributed by atoms with E-state index >= 15 is 0 Å². The lowest BCUT2D eigenvalue weighted by molar-refractivity contribution is -0.108. The first-order chi connectivity index (χ1) is 7.05. The van der Waals surface area contributed by atoms with Crippen LogP contribution in [0, 0.1) is 6.92 Å². The first kappa shape index (κ1) is 10.5. The van der Waals surface area contributed by atoms with Crippen LogP contribution in [0.25, 0.3) is 0 Å². The highest BCUT2D eigenvalue weighted by atomic mass is 16.7. The number of benzene rings is 1. The lowest BCUT2D eigenvalue weighted by Gasteiger charge is -2.19. The fourth-order valence-corrected chi connectivity index (χ4v) is 1.86. The quantitative estimate of drug-likeness (QED) is 0.739. The van der Waals surface area contributed by atoms with Gasteiger partial charge in [-0.05, 0) is 44.9 Å². The summed E-state index contributed by atoms with van der Waals surface area (Å²) in [6.07, 6.45) is 1.95. The van der Waals surface area contributed by atoms with Gasteiger partial charge in [0.25, 0.3) is 0 Å². The van der Waals surface area contributed by atoms with E-state index in [0.717, 1.165) is 18.6 Å². The van der Waals surface area contributed by atoms with E-state index < -0.39 is 0 Å². The number of rotatable bonds is 2. The Morgan fingerprint density at radius 2 is 2.20 bits per heavy atom. The van der Waals surface area contributed by atoms with E-state index in [2.05, 4.69) is 26.8 Å². The standard InChI is InChI=1S/C13H18O2/c1-10-5-4-6-11(9-10)14-12-7-8-13(2,3)15-12/h4-6,9,12H,7-8H2,1-3H3. The maximum Gasteiger partial charge on any atom is 0.200 e. The molecule has 0 saturated carbocycles. The second-order valence-electron chi connectivity index (χ2n) is 4.78. The van der Waals surface area contributed by atoms with Gasteiger partial charge in [-0.25, -0.2) is 0 Å². The van der Waals surface area contributed by atoms with Crippen molar-refractivity contribution in [3.05, 3.63) is 29.8 Å². The molecular weight excluding hydrogens is 188 g/mol. The van der Waals surface area contributed by atoms with Gasteiger partial charge in [-0.15, -0.1) is 0 Å². The fraction of sp³-hybridized carbons (Fsp3) is 0.538. The summed E-state index contributed by atoms with van der Waals surface area (Å²) in [5.41, 5.74) is 1.18. The van der Waals surface area contributed by atoms with Crippen molar-refractivity contribution in [2.24, 2.45) is 0 Å². The normalized spacial score (nSPS) is 24.1. The van der Waals surface area contributed by atoms with Crippen molar-refractivity contribution in [2.75, 3.05) is 0 Å². The van der Waals surface area contributed by atoms with Crippen molar-refractivity contribution < 1.29 is 9.47 Å². The molecule has 0 radical (unpaired) electrons. The van der Waals surface area contributed by atoms with Gasteiger partial charge in [0.2, 0.25) is 0 Å². The molecular formula is C13H18O2. The average molecular weight is 206 g/mol. The smallest absolute Gasteiger partial charge is 0.200 e. The second-order valence-corrected chi connectivity index (χ2v) is 4.78. The molecule has 1 aromatic carbocycles. The fourth-order valence-electron chi connectivity index (χ4n) is 1.86. The summed E-state index contributed by atoms with van der Waals surface area (Å²) in [6.45, 7) is 6.27. The van der Waals surface area contributed by atoms with Crippen LogP contribution >= 0.6 is 0 Å². The zero-order chi connectivity index (χ0) is 10.9. The van der Waals surface area contributed by atoms with Crippen molar-refractivity contribution in [2.45, 2.75) is 45.5 Å². The third-order valence-corrected chi connectivity index (χ3v) is 2.69. The molecule has 2 nitrogen and oxygen atoms in total. The Bertz CT molecular complexity index is 344. The predicted molar refractivity (Wildman–Crippen MR) is 60.0 cm³/mol. The van der Waals surface area contributed by atoms with Crippen LogP contribution < -0.4 is 4.74 Å². The van der Waals surface area contributed by atoms with Crippen LogP contribution in [-0.4, -0.2) is 11.9 Å². The predicted octanol–water partition coefficient (Wildman–Crippen LogP) is 3.29. The molecule has 0 spiro atoms. The molecule has 1 unspecified atom stereocenters. The van der Waals surface area contributed by atoms with Crippen LogP contribution in [0.2, 0.25) is 0 Å². The van der Waals surface area contributed by atoms with E-state index in [9.17, 15) is 0 Å². The zero-order valence-electron chi connectivity index (χ0n) is 9.62. The van der Waals surface area contributed by atoms with Gasteiger partial charge in [-0.3, -0.25) is 0 Å². The summed E-state index contributed by atoms with van der Waals surface area (Å²) >= 11 is 0. The molecule has 82 valence electrons. The zero-order valence-corrected chi connectivity index (χ0v) is 9.62. The molecule has 1 aromatic rings. The van der Waals surface area contributed by atoms with E-state index in [0.29, 0.717) is 0 Å². The summed E-state index contributed by atoms with van der Waals surface area (Å²) in [7, 11) is 0. The minimum Gasteiger partial charge on any atom is -0.465 e. The van der Waals surface area contributed by atoms with Crippen molar-refractivity contribution >= 4 is 0 Å². The molecule has 1 saturated heterocycles. The van der Waals surface area contributed by atoms with E-state index in [4.69, 9.17) is 9.47 Å². The Balaban J connectivity index is 1.99.